The molecular weight excluding hydrogens is 310 g/mol. The largest absolute Gasteiger partial charge is 0.445 e. The van der Waals surface area contributed by atoms with Gasteiger partial charge in [-0.25, -0.2) is 4.79 Å². The lowest BCUT2D eigenvalue weighted by Crippen LogP contribution is -2.48. The van der Waals surface area contributed by atoms with E-state index >= 15 is 0 Å². The summed E-state index contributed by atoms with van der Waals surface area (Å²) in [7, 11) is 0. The number of rotatable bonds is 3. The first-order valence-electron chi connectivity index (χ1n) is 7.28. The molecule has 1 atom stereocenters. The molecule has 5 heteroatoms. The van der Waals surface area contributed by atoms with E-state index in [-0.39, 0.29) is 5.91 Å². The summed E-state index contributed by atoms with van der Waals surface area (Å²) in [5, 5.41) is 2.85. The summed E-state index contributed by atoms with van der Waals surface area (Å²) >= 11 is 1.60. The topological polar surface area (TPSA) is 55.4 Å². The van der Waals surface area contributed by atoms with Gasteiger partial charge in [0.1, 0.15) is 0 Å². The number of carbonyl (C=O) groups is 2. The van der Waals surface area contributed by atoms with Crippen LogP contribution in [0.2, 0.25) is 0 Å². The molecule has 1 heterocycles. The van der Waals surface area contributed by atoms with Crippen LogP contribution in [-0.2, 0) is 16.0 Å². The lowest BCUT2D eigenvalue weighted by Gasteiger charge is -2.33. The maximum atomic E-state index is 12.6. The van der Waals surface area contributed by atoms with Crippen LogP contribution in [0.1, 0.15) is 22.8 Å². The number of carbonyl (C=O) groups excluding carboxylic acids is 2. The zero-order chi connectivity index (χ0) is 16.4. The van der Waals surface area contributed by atoms with E-state index < -0.39 is 11.6 Å². The normalized spacial score (nSPS) is 19.7. The number of esters is 1. The van der Waals surface area contributed by atoms with E-state index in [0.717, 1.165) is 10.5 Å². The van der Waals surface area contributed by atoms with Gasteiger partial charge in [-0.2, -0.15) is 0 Å². The number of fused-ring (bicyclic) bond motifs is 1. The predicted octanol–water partition coefficient (Wildman–Crippen LogP) is 3.52. The predicted molar refractivity (Wildman–Crippen MR) is 90.8 cm³/mol. The summed E-state index contributed by atoms with van der Waals surface area (Å²) in [6.45, 7) is 1.65. The molecule has 0 saturated heterocycles. The number of hydrogen-bond donors (Lipinski definition) is 1. The van der Waals surface area contributed by atoms with E-state index in [1.165, 1.54) is 0 Å². The van der Waals surface area contributed by atoms with Crippen molar-refractivity contribution in [3.63, 3.8) is 0 Å². The highest BCUT2D eigenvalue weighted by Crippen LogP contribution is 2.29. The van der Waals surface area contributed by atoms with Gasteiger partial charge in [0.05, 0.1) is 5.56 Å². The van der Waals surface area contributed by atoms with Crippen LogP contribution < -0.4 is 5.32 Å². The van der Waals surface area contributed by atoms with Crippen LogP contribution in [0.5, 0.6) is 0 Å². The molecule has 1 amide bonds. The first-order valence-corrected chi connectivity index (χ1v) is 8.51. The smallest absolute Gasteiger partial charge is 0.339 e. The van der Waals surface area contributed by atoms with Crippen molar-refractivity contribution in [2.24, 2.45) is 0 Å². The second-order valence-electron chi connectivity index (χ2n) is 5.64. The summed E-state index contributed by atoms with van der Waals surface area (Å²) in [6, 6.07) is 14.8. The molecule has 1 aliphatic rings. The average molecular weight is 327 g/mol. The van der Waals surface area contributed by atoms with Gasteiger partial charge in [0, 0.05) is 17.0 Å². The van der Waals surface area contributed by atoms with E-state index in [4.69, 9.17) is 4.74 Å². The van der Waals surface area contributed by atoms with Crippen LogP contribution in [-0.4, -0.2) is 23.7 Å². The lowest BCUT2D eigenvalue weighted by molar-refractivity contribution is -0.134. The van der Waals surface area contributed by atoms with Gasteiger partial charge >= 0.3 is 5.97 Å². The molecule has 0 aliphatic carbocycles. The third-order valence-corrected chi connectivity index (χ3v) is 4.62. The fourth-order valence-corrected chi connectivity index (χ4v) is 3.08. The maximum absolute atomic E-state index is 12.6. The lowest BCUT2D eigenvalue weighted by atomic mass is 9.89. The molecule has 23 heavy (non-hydrogen) atoms. The molecule has 2 aromatic carbocycles. The van der Waals surface area contributed by atoms with Gasteiger partial charge in [0.2, 0.25) is 0 Å². The molecule has 0 aromatic heterocycles. The van der Waals surface area contributed by atoms with Gasteiger partial charge in [-0.05, 0) is 43.0 Å². The Balaban J connectivity index is 1.83. The first-order chi connectivity index (χ1) is 11.0. The summed E-state index contributed by atoms with van der Waals surface area (Å²) in [5.74, 6) is -0.777. The minimum absolute atomic E-state index is 0.321. The molecule has 3 rings (SSSR count). The number of ether oxygens (including phenoxy) is 1. The molecule has 0 radical (unpaired) electrons. The molecule has 0 bridgehead atoms. The van der Waals surface area contributed by atoms with Crippen molar-refractivity contribution in [3.8, 4) is 0 Å². The van der Waals surface area contributed by atoms with Crippen molar-refractivity contribution in [1.29, 1.82) is 0 Å². The minimum Gasteiger partial charge on any atom is -0.445 e. The Labute approximate surface area is 139 Å². The van der Waals surface area contributed by atoms with Gasteiger partial charge in [-0.15, -0.1) is 11.8 Å². The van der Waals surface area contributed by atoms with Crippen LogP contribution in [0.15, 0.2) is 53.4 Å². The van der Waals surface area contributed by atoms with Crippen molar-refractivity contribution in [2.75, 3.05) is 11.6 Å². The standard InChI is InChI=1S/C18H17NO3S/c1-18(11-12-6-3-4-9-15(12)16(20)22-18)17(21)19-13-7-5-8-14(10-13)23-2/h3-10H,11H2,1-2H3,(H,19,21). The molecule has 118 valence electrons. The van der Waals surface area contributed by atoms with E-state index in [1.807, 2.05) is 42.7 Å². The third-order valence-electron chi connectivity index (χ3n) is 3.89. The average Bonchev–Trinajstić information content (AvgIpc) is 2.55. The Hall–Kier alpha value is -2.27. The van der Waals surface area contributed by atoms with Crippen LogP contribution in [0, 0.1) is 0 Å². The van der Waals surface area contributed by atoms with E-state index in [0.29, 0.717) is 17.7 Å². The zero-order valence-electron chi connectivity index (χ0n) is 13.0. The van der Waals surface area contributed by atoms with Crippen molar-refractivity contribution in [3.05, 3.63) is 59.7 Å². The van der Waals surface area contributed by atoms with Crippen molar-refractivity contribution >= 4 is 29.3 Å². The van der Waals surface area contributed by atoms with Gasteiger partial charge in [0.25, 0.3) is 5.91 Å². The number of thioether (sulfide) groups is 1. The Kier molecular flexibility index (Phi) is 4.13. The van der Waals surface area contributed by atoms with Crippen molar-refractivity contribution in [2.45, 2.75) is 23.8 Å². The molecule has 4 nitrogen and oxygen atoms in total. The van der Waals surface area contributed by atoms with E-state index in [1.54, 1.807) is 30.8 Å². The summed E-state index contributed by atoms with van der Waals surface area (Å²) in [4.78, 5) is 25.9. The minimum atomic E-state index is -1.21. The molecule has 1 aliphatic heterocycles. The van der Waals surface area contributed by atoms with Gasteiger partial charge < -0.3 is 10.1 Å². The number of benzene rings is 2. The highest BCUT2D eigenvalue weighted by molar-refractivity contribution is 7.98. The van der Waals surface area contributed by atoms with Crippen LogP contribution in [0.3, 0.4) is 0 Å². The van der Waals surface area contributed by atoms with E-state index in [9.17, 15) is 9.59 Å². The molecule has 1 N–H and O–H groups in total. The van der Waals surface area contributed by atoms with Gasteiger partial charge in [-0.3, -0.25) is 4.79 Å². The van der Waals surface area contributed by atoms with Gasteiger partial charge in [-0.1, -0.05) is 24.3 Å². The number of anilines is 1. The second-order valence-corrected chi connectivity index (χ2v) is 6.52. The van der Waals surface area contributed by atoms with Crippen molar-refractivity contribution < 1.29 is 14.3 Å². The maximum Gasteiger partial charge on any atom is 0.339 e. The molecule has 0 saturated carbocycles. The quantitative estimate of drug-likeness (QED) is 0.692. The highest BCUT2D eigenvalue weighted by atomic mass is 32.2. The Morgan fingerprint density at radius 1 is 1.22 bits per heavy atom. The number of nitrogens with one attached hydrogen (secondary N) is 1. The van der Waals surface area contributed by atoms with Crippen LogP contribution in [0.4, 0.5) is 5.69 Å². The second kappa shape index (κ2) is 6.08. The first kappa shape index (κ1) is 15.6. The summed E-state index contributed by atoms with van der Waals surface area (Å²) in [5.41, 5.74) is 0.847. The molecule has 2 aromatic rings. The molecule has 1 unspecified atom stereocenters. The Morgan fingerprint density at radius 2 is 2.00 bits per heavy atom. The Morgan fingerprint density at radius 3 is 2.78 bits per heavy atom. The number of cyclic esters (lactones) is 1. The van der Waals surface area contributed by atoms with Crippen LogP contribution in [0.25, 0.3) is 0 Å². The van der Waals surface area contributed by atoms with E-state index in [2.05, 4.69) is 5.32 Å². The fraction of sp³-hybridized carbons (Fsp3) is 0.222. The summed E-state index contributed by atoms with van der Waals surface area (Å²) < 4.78 is 5.43. The monoisotopic (exact) mass is 327 g/mol. The van der Waals surface area contributed by atoms with Gasteiger partial charge in [0.15, 0.2) is 5.60 Å². The number of amides is 1. The fourth-order valence-electron chi connectivity index (χ4n) is 2.62. The zero-order valence-corrected chi connectivity index (χ0v) is 13.8. The highest BCUT2D eigenvalue weighted by Gasteiger charge is 2.42. The molecule has 0 fully saturated rings. The molecule has 0 spiro atoms. The SMILES string of the molecule is CSc1cccc(NC(=O)C2(C)Cc3ccccc3C(=O)O2)c1. The number of hydrogen-bond acceptors (Lipinski definition) is 4. The Bertz CT molecular complexity index is 774. The molecular formula is C18H17NO3S. The summed E-state index contributed by atoms with van der Waals surface area (Å²) in [6.07, 6.45) is 2.34. The van der Waals surface area contributed by atoms with Crippen molar-refractivity contribution in [1.82, 2.24) is 0 Å². The van der Waals surface area contributed by atoms with Crippen LogP contribution >= 0.6 is 11.8 Å². The third kappa shape index (κ3) is 3.10.